The van der Waals surface area contributed by atoms with Crippen LogP contribution in [0.5, 0.6) is 0 Å². The summed E-state index contributed by atoms with van der Waals surface area (Å²) in [6.45, 7) is 14.6. The molecule has 0 bridgehead atoms. The van der Waals surface area contributed by atoms with E-state index < -0.39 is 19.8 Å². The van der Waals surface area contributed by atoms with Gasteiger partial charge in [-0.25, -0.2) is 24.4 Å². The largest absolute Gasteiger partial charge is 0.444 e. The molecule has 13 heteroatoms. The second kappa shape index (κ2) is 14.3. The molecular weight excluding hydrogens is 665 g/mol. The zero-order chi connectivity index (χ0) is 35.6. The quantitative estimate of drug-likeness (QED) is 0.0588. The first-order valence-electron chi connectivity index (χ1n) is 16.8. The molecule has 0 aliphatic carbocycles. The molecule has 1 amide bonds. The first-order valence-corrected chi connectivity index (χ1v) is 21.4. The average Bonchev–Trinajstić information content (AvgIpc) is 3.75. The summed E-state index contributed by atoms with van der Waals surface area (Å²) in [7, 11) is 2.59. The summed E-state index contributed by atoms with van der Waals surface area (Å²) in [5.41, 5.74) is 5.07. The molecule has 50 heavy (non-hydrogen) atoms. The third kappa shape index (κ3) is 8.40. The minimum atomic E-state index is -1.22. The van der Waals surface area contributed by atoms with Crippen molar-refractivity contribution in [3.05, 3.63) is 61.1 Å². The number of ether oxygens (including phenoxy) is 2. The second-order valence-electron chi connectivity index (χ2n) is 14.9. The van der Waals surface area contributed by atoms with Crippen molar-refractivity contribution in [2.24, 2.45) is 4.99 Å². The van der Waals surface area contributed by atoms with E-state index in [1.165, 1.54) is 10.1 Å². The Morgan fingerprint density at radius 3 is 2.62 bits per heavy atom. The predicted molar refractivity (Wildman–Crippen MR) is 207 cm³/mol. The number of nitrogens with one attached hydrogen (secondary N) is 1. The Morgan fingerprint density at radius 1 is 1.08 bits per heavy atom. The lowest BCUT2D eigenvalue weighted by molar-refractivity contribution is 0.0526. The number of alkyl carbamates (subject to hydrolysis) is 1. The van der Waals surface area contributed by atoms with Crippen LogP contribution in [-0.2, 0) is 22.7 Å². The van der Waals surface area contributed by atoms with E-state index in [-0.39, 0.29) is 0 Å². The van der Waals surface area contributed by atoms with E-state index in [4.69, 9.17) is 19.6 Å². The van der Waals surface area contributed by atoms with Crippen molar-refractivity contribution in [3.63, 3.8) is 0 Å². The van der Waals surface area contributed by atoms with Gasteiger partial charge in [-0.2, -0.15) is 5.10 Å². The fourth-order valence-corrected chi connectivity index (χ4v) is 7.43. The number of carbonyl (C=O) groups is 1. The Labute approximate surface area is 298 Å². The molecule has 0 aliphatic rings. The topological polar surface area (TPSA) is 112 Å². The van der Waals surface area contributed by atoms with Gasteiger partial charge in [0.15, 0.2) is 0 Å². The zero-order valence-electron chi connectivity index (χ0n) is 30.1. The monoisotopic (exact) mass is 710 g/mol. The Bertz CT molecular complexity index is 2140. The van der Waals surface area contributed by atoms with Gasteiger partial charge >= 0.3 is 6.09 Å². The maximum absolute atomic E-state index is 12.4. The van der Waals surface area contributed by atoms with Gasteiger partial charge in [0, 0.05) is 74.2 Å². The summed E-state index contributed by atoms with van der Waals surface area (Å²) in [5.74, 6) is 0.367. The normalized spacial score (nSPS) is 12.5. The highest BCUT2D eigenvalue weighted by Crippen LogP contribution is 2.41. The number of aliphatic imine (C=N–C) groups is 1. The molecule has 0 fully saturated rings. The number of thiophene rings is 1. The van der Waals surface area contributed by atoms with Crippen LogP contribution in [0.4, 0.5) is 10.7 Å². The number of benzene rings is 2. The summed E-state index contributed by atoms with van der Waals surface area (Å²) in [6, 6.07) is 16.2. The second-order valence-corrected chi connectivity index (χ2v) is 21.6. The smallest absolute Gasteiger partial charge is 0.407 e. The summed E-state index contributed by atoms with van der Waals surface area (Å²) >= 11 is 1.77. The third-order valence-electron chi connectivity index (χ3n) is 7.98. The molecule has 0 atom stereocenters. The van der Waals surface area contributed by atoms with Gasteiger partial charge in [0.05, 0.1) is 29.8 Å². The lowest BCUT2D eigenvalue weighted by Gasteiger charge is -2.19. The maximum atomic E-state index is 12.4. The number of rotatable bonds is 12. The van der Waals surface area contributed by atoms with Crippen LogP contribution in [0.1, 0.15) is 20.8 Å². The summed E-state index contributed by atoms with van der Waals surface area (Å²) < 4.78 is 16.9. The van der Waals surface area contributed by atoms with Crippen molar-refractivity contribution in [1.29, 1.82) is 0 Å². The van der Waals surface area contributed by atoms with E-state index >= 15 is 0 Å². The van der Waals surface area contributed by atoms with Crippen molar-refractivity contribution in [2.75, 3.05) is 27.2 Å². The lowest BCUT2D eigenvalue weighted by Crippen LogP contribution is -2.34. The first kappa shape index (κ1) is 35.2. The number of nitrogens with zero attached hydrogens (tertiary/aromatic N) is 7. The van der Waals surface area contributed by atoms with Crippen LogP contribution in [0.3, 0.4) is 0 Å². The molecule has 0 radical (unpaired) electrons. The van der Waals surface area contributed by atoms with Gasteiger partial charge in [-0.05, 0) is 62.0 Å². The van der Waals surface area contributed by atoms with E-state index in [0.717, 1.165) is 49.5 Å². The van der Waals surface area contributed by atoms with Crippen LogP contribution in [0.2, 0.25) is 25.7 Å². The average molecular weight is 711 g/mol. The molecule has 2 aromatic carbocycles. The van der Waals surface area contributed by atoms with E-state index in [0.29, 0.717) is 32.4 Å². The molecule has 6 aromatic rings. The van der Waals surface area contributed by atoms with Crippen LogP contribution in [0, 0.1) is 0 Å². The van der Waals surface area contributed by atoms with Gasteiger partial charge in [0.2, 0.25) is 0 Å². The van der Waals surface area contributed by atoms with Crippen LogP contribution < -0.4 is 5.32 Å². The number of carbonyl (C=O) groups excluding carboxylic acids is 1. The molecule has 0 saturated heterocycles. The van der Waals surface area contributed by atoms with Crippen LogP contribution in [0.25, 0.3) is 53.6 Å². The predicted octanol–water partition coefficient (Wildman–Crippen LogP) is 8.39. The summed E-state index contributed by atoms with van der Waals surface area (Å²) in [5, 5.41) is 9.90. The minimum absolute atomic E-state index is 0.367. The number of aromatic nitrogens is 5. The maximum Gasteiger partial charge on any atom is 0.407 e. The van der Waals surface area contributed by atoms with E-state index in [2.05, 4.69) is 88.2 Å². The van der Waals surface area contributed by atoms with Crippen LogP contribution in [-0.4, -0.2) is 82.6 Å². The van der Waals surface area contributed by atoms with Crippen LogP contribution in [0.15, 0.2) is 66.0 Å². The van der Waals surface area contributed by atoms with Crippen LogP contribution >= 0.6 is 11.3 Å². The summed E-state index contributed by atoms with van der Waals surface area (Å²) in [4.78, 5) is 29.3. The van der Waals surface area contributed by atoms with E-state index in [1.807, 2.05) is 50.6 Å². The van der Waals surface area contributed by atoms with Crippen molar-refractivity contribution in [3.8, 4) is 21.6 Å². The number of hydrogen-bond donors (Lipinski definition) is 1. The van der Waals surface area contributed by atoms with Gasteiger partial charge in [-0.3, -0.25) is 0 Å². The molecule has 262 valence electrons. The SMILES string of the molecule is CN(C)C=Nc1ncc2c(n1)c(-c1cc(-c3cc4ccccc4s3)c3c(cnn3COCC[Si](C)(C)C)c1)cn2CCNC(=O)OC(C)(C)C. The van der Waals surface area contributed by atoms with Gasteiger partial charge < -0.3 is 24.3 Å². The van der Waals surface area contributed by atoms with Gasteiger partial charge in [0.1, 0.15) is 17.8 Å². The van der Waals surface area contributed by atoms with Gasteiger partial charge in [-0.1, -0.05) is 37.8 Å². The highest BCUT2D eigenvalue weighted by molar-refractivity contribution is 7.22. The standard InChI is InChI=1S/C37H46N8O3SSi/c1-37(2,3)48-36(46)38-13-14-44-22-29(33-30(44)21-39-35(42-33)40-23-43(4)5)26-17-27-20-41-45(24-47-15-16-50(6,7)8)34(27)28(18-26)32-19-25-11-9-10-12-31(25)49-32/h9-12,17-23H,13-16,24H2,1-8H3,(H,38,46). The fourth-order valence-electron chi connectivity index (χ4n) is 5.60. The molecule has 4 aromatic heterocycles. The van der Waals surface area contributed by atoms with Crippen molar-refractivity contribution in [2.45, 2.75) is 65.3 Å². The number of amides is 1. The zero-order valence-corrected chi connectivity index (χ0v) is 32.0. The Morgan fingerprint density at radius 2 is 1.88 bits per heavy atom. The lowest BCUT2D eigenvalue weighted by atomic mass is 10.0. The molecule has 0 unspecified atom stereocenters. The fraction of sp³-hybridized carbons (Fsp3) is 0.378. The number of fused-ring (bicyclic) bond motifs is 3. The highest BCUT2D eigenvalue weighted by atomic mass is 32.1. The number of hydrogen-bond acceptors (Lipinski definition) is 8. The molecular formula is C37H46N8O3SSi. The highest BCUT2D eigenvalue weighted by Gasteiger charge is 2.21. The molecule has 6 rings (SSSR count). The minimum Gasteiger partial charge on any atom is -0.444 e. The molecule has 0 saturated carbocycles. The molecule has 4 heterocycles. The van der Waals surface area contributed by atoms with Crippen molar-refractivity contribution < 1.29 is 14.3 Å². The molecule has 1 N–H and O–H groups in total. The van der Waals surface area contributed by atoms with Crippen molar-refractivity contribution >= 4 is 69.8 Å². The Hall–Kier alpha value is -4.59. The molecule has 0 spiro atoms. The molecule has 0 aliphatic heterocycles. The Balaban J connectivity index is 1.44. The third-order valence-corrected chi connectivity index (χ3v) is 10.8. The van der Waals surface area contributed by atoms with Gasteiger partial charge in [-0.15, -0.1) is 11.3 Å². The first-order chi connectivity index (χ1) is 23.7. The van der Waals surface area contributed by atoms with Gasteiger partial charge in [0.25, 0.3) is 5.95 Å². The van der Waals surface area contributed by atoms with E-state index in [9.17, 15) is 4.79 Å². The summed E-state index contributed by atoms with van der Waals surface area (Å²) in [6.07, 6.45) is 7.03. The Kier molecular flexibility index (Phi) is 10.1. The molecule has 11 nitrogen and oxygen atoms in total. The van der Waals surface area contributed by atoms with E-state index in [1.54, 1.807) is 23.9 Å². The van der Waals surface area contributed by atoms with Crippen molar-refractivity contribution in [1.82, 2.24) is 34.5 Å².